The van der Waals surface area contributed by atoms with E-state index in [1.165, 1.54) is 35.5 Å². The lowest BCUT2D eigenvalue weighted by Gasteiger charge is -2.37. The number of hydrogen-bond donors (Lipinski definition) is 2. The standard InChI is InChI=1S/C26H28FN3O2/c1-18-3-9-23(10-4-18)29-11-13-30(14-12-29)24-15-20(16-25(31)17-24)19(2)26(32)28-22-7-5-21(27)6-8-22/h3-10,15-17,19,31H,11-14H2,1-2H3,(H,28,32). The van der Waals surface area contributed by atoms with E-state index in [9.17, 15) is 14.3 Å². The summed E-state index contributed by atoms with van der Waals surface area (Å²) < 4.78 is 13.1. The van der Waals surface area contributed by atoms with Crippen LogP contribution in [0.4, 0.5) is 21.5 Å². The number of hydrogen-bond acceptors (Lipinski definition) is 4. The van der Waals surface area contributed by atoms with Crippen LogP contribution in [0.15, 0.2) is 66.7 Å². The van der Waals surface area contributed by atoms with Gasteiger partial charge < -0.3 is 20.2 Å². The fraction of sp³-hybridized carbons (Fsp3) is 0.269. The van der Waals surface area contributed by atoms with Crippen molar-refractivity contribution in [2.45, 2.75) is 19.8 Å². The van der Waals surface area contributed by atoms with E-state index in [2.05, 4.69) is 46.3 Å². The Hall–Kier alpha value is -3.54. The van der Waals surface area contributed by atoms with E-state index in [1.807, 2.05) is 6.07 Å². The lowest BCUT2D eigenvalue weighted by molar-refractivity contribution is -0.117. The number of carbonyl (C=O) groups excluding carboxylic acids is 1. The van der Waals surface area contributed by atoms with Crippen molar-refractivity contribution in [1.82, 2.24) is 0 Å². The SMILES string of the molecule is Cc1ccc(N2CCN(c3cc(O)cc(C(C)C(=O)Nc4ccc(F)cc4)c3)CC2)cc1. The Morgan fingerprint density at radius 2 is 1.50 bits per heavy atom. The monoisotopic (exact) mass is 433 g/mol. The van der Waals surface area contributed by atoms with Gasteiger partial charge >= 0.3 is 0 Å². The number of benzene rings is 3. The third-order valence-corrected chi connectivity index (χ3v) is 5.97. The number of nitrogens with zero attached hydrogens (tertiary/aromatic N) is 2. The molecule has 1 aliphatic heterocycles. The first-order valence-electron chi connectivity index (χ1n) is 10.9. The van der Waals surface area contributed by atoms with Crippen LogP contribution in [-0.4, -0.2) is 37.2 Å². The summed E-state index contributed by atoms with van der Waals surface area (Å²) in [6.45, 7) is 7.30. The zero-order valence-electron chi connectivity index (χ0n) is 18.4. The maximum atomic E-state index is 13.1. The van der Waals surface area contributed by atoms with Crippen LogP contribution < -0.4 is 15.1 Å². The van der Waals surface area contributed by atoms with Gasteiger partial charge in [-0.1, -0.05) is 17.7 Å². The summed E-state index contributed by atoms with van der Waals surface area (Å²) in [5, 5.41) is 13.1. The minimum Gasteiger partial charge on any atom is -0.508 e. The third kappa shape index (κ3) is 5.02. The summed E-state index contributed by atoms with van der Waals surface area (Å²) in [5.41, 5.74) is 4.65. The molecule has 1 aliphatic rings. The molecule has 0 saturated carbocycles. The molecule has 0 spiro atoms. The normalized spacial score (nSPS) is 14.8. The van der Waals surface area contributed by atoms with Gasteiger partial charge in [0, 0.05) is 49.3 Å². The second kappa shape index (κ2) is 9.30. The zero-order valence-corrected chi connectivity index (χ0v) is 18.4. The molecule has 2 N–H and O–H groups in total. The number of piperazine rings is 1. The van der Waals surface area contributed by atoms with Crippen molar-refractivity contribution in [2.75, 3.05) is 41.3 Å². The molecule has 1 atom stereocenters. The number of amides is 1. The van der Waals surface area contributed by atoms with Gasteiger partial charge in [0.1, 0.15) is 11.6 Å². The average molecular weight is 434 g/mol. The molecule has 1 saturated heterocycles. The molecule has 0 radical (unpaired) electrons. The number of rotatable bonds is 5. The number of carbonyl (C=O) groups is 1. The van der Waals surface area contributed by atoms with Gasteiger partial charge in [0.15, 0.2) is 0 Å². The van der Waals surface area contributed by atoms with Gasteiger partial charge in [-0.2, -0.15) is 0 Å². The van der Waals surface area contributed by atoms with Crippen molar-refractivity contribution in [3.63, 3.8) is 0 Å². The number of aromatic hydroxyl groups is 1. The number of phenolic OH excluding ortho intramolecular Hbond substituents is 1. The van der Waals surface area contributed by atoms with Crippen LogP contribution in [0.1, 0.15) is 24.0 Å². The van der Waals surface area contributed by atoms with Crippen molar-refractivity contribution in [3.8, 4) is 5.75 Å². The second-order valence-electron chi connectivity index (χ2n) is 8.31. The molecule has 1 unspecified atom stereocenters. The van der Waals surface area contributed by atoms with Crippen molar-refractivity contribution in [1.29, 1.82) is 0 Å². The predicted octanol–water partition coefficient (Wildman–Crippen LogP) is 4.91. The van der Waals surface area contributed by atoms with Crippen LogP contribution in [0, 0.1) is 12.7 Å². The quantitative estimate of drug-likeness (QED) is 0.600. The highest BCUT2D eigenvalue weighted by molar-refractivity contribution is 5.95. The van der Waals surface area contributed by atoms with Gasteiger partial charge in [-0.15, -0.1) is 0 Å². The topological polar surface area (TPSA) is 55.8 Å². The lowest BCUT2D eigenvalue weighted by atomic mass is 9.98. The molecule has 5 nitrogen and oxygen atoms in total. The Kier molecular flexibility index (Phi) is 6.30. The van der Waals surface area contributed by atoms with Crippen LogP contribution >= 0.6 is 0 Å². The van der Waals surface area contributed by atoms with Gasteiger partial charge in [0.05, 0.1) is 5.92 Å². The highest BCUT2D eigenvalue weighted by Gasteiger charge is 2.21. The minimum absolute atomic E-state index is 0.139. The zero-order chi connectivity index (χ0) is 22.7. The molecule has 0 bridgehead atoms. The Bertz CT molecular complexity index is 1080. The highest BCUT2D eigenvalue weighted by atomic mass is 19.1. The number of halogens is 1. The summed E-state index contributed by atoms with van der Waals surface area (Å²) >= 11 is 0. The number of aryl methyl sites for hydroxylation is 1. The van der Waals surface area contributed by atoms with Gasteiger partial charge in [-0.3, -0.25) is 4.79 Å². The maximum absolute atomic E-state index is 13.1. The summed E-state index contributed by atoms with van der Waals surface area (Å²) in [6.07, 6.45) is 0. The fourth-order valence-electron chi connectivity index (χ4n) is 3.96. The average Bonchev–Trinajstić information content (AvgIpc) is 2.80. The van der Waals surface area contributed by atoms with E-state index in [1.54, 1.807) is 19.1 Å². The van der Waals surface area contributed by atoms with E-state index in [4.69, 9.17) is 0 Å². The first-order chi connectivity index (χ1) is 15.4. The number of nitrogens with one attached hydrogen (secondary N) is 1. The van der Waals surface area contributed by atoms with Crippen LogP contribution in [0.5, 0.6) is 5.75 Å². The van der Waals surface area contributed by atoms with Crippen LogP contribution in [0.25, 0.3) is 0 Å². The third-order valence-electron chi connectivity index (χ3n) is 5.97. The molecule has 4 rings (SSSR count). The second-order valence-corrected chi connectivity index (χ2v) is 8.31. The molecular weight excluding hydrogens is 405 g/mol. The molecule has 0 aliphatic carbocycles. The molecule has 3 aromatic carbocycles. The van der Waals surface area contributed by atoms with Crippen LogP contribution in [0.3, 0.4) is 0 Å². The summed E-state index contributed by atoms with van der Waals surface area (Å²) in [7, 11) is 0. The van der Waals surface area contributed by atoms with E-state index in [-0.39, 0.29) is 17.5 Å². The summed E-state index contributed by atoms with van der Waals surface area (Å²) in [5.74, 6) is -0.895. The van der Waals surface area contributed by atoms with Crippen molar-refractivity contribution < 1.29 is 14.3 Å². The molecule has 6 heteroatoms. The van der Waals surface area contributed by atoms with Gasteiger partial charge in [-0.25, -0.2) is 4.39 Å². The first-order valence-corrected chi connectivity index (χ1v) is 10.9. The first kappa shape index (κ1) is 21.7. The molecule has 0 aromatic heterocycles. The molecule has 32 heavy (non-hydrogen) atoms. The Morgan fingerprint density at radius 3 is 2.12 bits per heavy atom. The van der Waals surface area contributed by atoms with Gasteiger partial charge in [0.25, 0.3) is 0 Å². The Labute approximate surface area is 188 Å². The number of phenols is 1. The predicted molar refractivity (Wildman–Crippen MR) is 127 cm³/mol. The molecular formula is C26H28FN3O2. The van der Waals surface area contributed by atoms with E-state index >= 15 is 0 Å². The van der Waals surface area contributed by atoms with Crippen LogP contribution in [0.2, 0.25) is 0 Å². The Balaban J connectivity index is 1.43. The Morgan fingerprint density at radius 1 is 0.906 bits per heavy atom. The largest absolute Gasteiger partial charge is 0.508 e. The molecule has 3 aromatic rings. The van der Waals surface area contributed by atoms with Crippen molar-refractivity contribution >= 4 is 23.0 Å². The summed E-state index contributed by atoms with van der Waals surface area (Å²) in [4.78, 5) is 17.3. The van der Waals surface area contributed by atoms with Crippen molar-refractivity contribution in [2.24, 2.45) is 0 Å². The van der Waals surface area contributed by atoms with Crippen molar-refractivity contribution in [3.05, 3.63) is 83.7 Å². The summed E-state index contributed by atoms with van der Waals surface area (Å²) in [6, 6.07) is 19.6. The fourth-order valence-corrected chi connectivity index (χ4v) is 3.96. The highest BCUT2D eigenvalue weighted by Crippen LogP contribution is 2.30. The lowest BCUT2D eigenvalue weighted by Crippen LogP contribution is -2.46. The van der Waals surface area contributed by atoms with E-state index < -0.39 is 5.92 Å². The minimum atomic E-state index is -0.472. The number of anilines is 3. The van der Waals surface area contributed by atoms with E-state index in [0.717, 1.165) is 37.4 Å². The molecule has 1 amide bonds. The maximum Gasteiger partial charge on any atom is 0.231 e. The van der Waals surface area contributed by atoms with Gasteiger partial charge in [0.2, 0.25) is 5.91 Å². The van der Waals surface area contributed by atoms with Crippen LogP contribution in [-0.2, 0) is 4.79 Å². The molecule has 166 valence electrons. The van der Waals surface area contributed by atoms with Gasteiger partial charge in [-0.05, 0) is 67.9 Å². The van der Waals surface area contributed by atoms with E-state index in [0.29, 0.717) is 5.69 Å². The smallest absolute Gasteiger partial charge is 0.231 e. The molecule has 1 heterocycles. The molecule has 1 fully saturated rings.